The first kappa shape index (κ1) is 28.8. The molecule has 0 bridgehead atoms. The number of hydrogen-bond donors (Lipinski definition) is 2. The predicted molar refractivity (Wildman–Crippen MR) is 144 cm³/mol. The molecule has 3 N–H and O–H groups in total. The maximum atomic E-state index is 12.3. The van der Waals surface area contributed by atoms with Crippen LogP contribution in [0.3, 0.4) is 0 Å². The van der Waals surface area contributed by atoms with Crippen molar-refractivity contribution >= 4 is 34.4 Å². The number of unbranched alkanes of at least 4 members (excludes halogenated alkanes) is 5. The van der Waals surface area contributed by atoms with Gasteiger partial charge in [0, 0.05) is 26.5 Å². The molecule has 2 saturated heterocycles. The Morgan fingerprint density at radius 3 is 2.58 bits per heavy atom. The second-order valence-electron chi connectivity index (χ2n) is 10.2. The number of β-lactam (4-membered cyclic amide) rings is 1. The molecule has 0 saturated carbocycles. The van der Waals surface area contributed by atoms with E-state index in [4.69, 9.17) is 20.3 Å². The fourth-order valence-electron chi connectivity index (χ4n) is 4.76. The number of fused-ring (bicyclic) bond motifs is 2. The Balaban J connectivity index is 0.000000221. The van der Waals surface area contributed by atoms with Crippen LogP contribution in [0.15, 0.2) is 18.2 Å². The van der Waals surface area contributed by atoms with Gasteiger partial charge in [-0.25, -0.2) is 4.79 Å². The SMILES string of the molecule is CC1(C)S[C@@H]2C(N)C(=O)N2[C@H]1C(=O)O.CCCCCCCCS(=O)C(C)Cc1ccc2c(c1)OCO2. The van der Waals surface area contributed by atoms with Crippen molar-refractivity contribution in [3.8, 4) is 11.5 Å². The van der Waals surface area contributed by atoms with Crippen molar-refractivity contribution in [3.05, 3.63) is 23.8 Å². The largest absolute Gasteiger partial charge is 0.480 e. The number of nitrogens with zero attached hydrogens (tertiary/aromatic N) is 1. The molecule has 0 aliphatic carbocycles. The van der Waals surface area contributed by atoms with Crippen LogP contribution in [-0.2, 0) is 26.8 Å². The molecule has 4 rings (SSSR count). The highest BCUT2D eigenvalue weighted by Crippen LogP contribution is 2.50. The van der Waals surface area contributed by atoms with Gasteiger partial charge in [0.15, 0.2) is 11.5 Å². The van der Waals surface area contributed by atoms with Gasteiger partial charge in [0.05, 0.1) is 0 Å². The second-order valence-corrected chi connectivity index (χ2v) is 13.9. The zero-order valence-corrected chi connectivity index (χ0v) is 23.4. The summed E-state index contributed by atoms with van der Waals surface area (Å²) in [5, 5.41) is 9.06. The number of ether oxygens (including phenoxy) is 2. The summed E-state index contributed by atoms with van der Waals surface area (Å²) in [4.78, 5) is 23.8. The van der Waals surface area contributed by atoms with E-state index in [-0.39, 0.29) is 16.5 Å². The maximum Gasteiger partial charge on any atom is 0.327 e. The van der Waals surface area contributed by atoms with Crippen molar-refractivity contribution in [1.82, 2.24) is 4.90 Å². The fraction of sp³-hybridized carbons (Fsp3) is 0.692. The molecule has 36 heavy (non-hydrogen) atoms. The van der Waals surface area contributed by atoms with Gasteiger partial charge in [-0.2, -0.15) is 0 Å². The molecule has 0 spiro atoms. The van der Waals surface area contributed by atoms with E-state index >= 15 is 0 Å². The number of carbonyl (C=O) groups excluding carboxylic acids is 1. The highest BCUT2D eigenvalue weighted by Gasteiger charge is 2.62. The Labute approximate surface area is 221 Å². The Hall–Kier alpha value is -1.78. The minimum Gasteiger partial charge on any atom is -0.480 e. The lowest BCUT2D eigenvalue weighted by atomic mass is 9.96. The van der Waals surface area contributed by atoms with Gasteiger partial charge in [0.1, 0.15) is 17.5 Å². The quantitative estimate of drug-likeness (QED) is 0.320. The highest BCUT2D eigenvalue weighted by atomic mass is 32.2. The molecule has 3 unspecified atom stereocenters. The molecule has 1 aromatic rings. The van der Waals surface area contributed by atoms with Crippen molar-refractivity contribution in [3.63, 3.8) is 0 Å². The lowest BCUT2D eigenvalue weighted by Crippen LogP contribution is -2.68. The third-order valence-electron chi connectivity index (χ3n) is 6.82. The summed E-state index contributed by atoms with van der Waals surface area (Å²) in [5.74, 6) is 1.25. The number of carboxylic acid groups (broad SMARTS) is 1. The maximum absolute atomic E-state index is 12.3. The number of aliphatic carboxylic acids is 1. The molecule has 10 heteroatoms. The highest BCUT2D eigenvalue weighted by molar-refractivity contribution is 8.01. The lowest BCUT2D eigenvalue weighted by molar-refractivity contribution is -0.159. The average molecular weight is 541 g/mol. The smallest absolute Gasteiger partial charge is 0.327 e. The zero-order chi connectivity index (χ0) is 26.5. The van der Waals surface area contributed by atoms with Crippen molar-refractivity contribution in [2.45, 2.75) is 100 Å². The van der Waals surface area contributed by atoms with Crippen LogP contribution < -0.4 is 15.2 Å². The molecule has 0 radical (unpaired) electrons. The summed E-state index contributed by atoms with van der Waals surface area (Å²) in [6.07, 6.45) is 8.32. The van der Waals surface area contributed by atoms with E-state index in [9.17, 15) is 13.8 Å². The minimum atomic E-state index is -0.953. The number of benzene rings is 1. The van der Waals surface area contributed by atoms with E-state index in [1.165, 1.54) is 54.3 Å². The Morgan fingerprint density at radius 1 is 1.22 bits per heavy atom. The molecule has 3 heterocycles. The van der Waals surface area contributed by atoms with Gasteiger partial charge in [-0.1, -0.05) is 52.0 Å². The van der Waals surface area contributed by atoms with Crippen LogP contribution in [0.25, 0.3) is 0 Å². The van der Waals surface area contributed by atoms with Crippen molar-refractivity contribution in [1.29, 1.82) is 0 Å². The first-order valence-electron chi connectivity index (χ1n) is 12.8. The number of hydrogen-bond acceptors (Lipinski definition) is 7. The van der Waals surface area contributed by atoms with Crippen molar-refractivity contribution in [2.24, 2.45) is 5.73 Å². The Kier molecular flexibility index (Phi) is 10.1. The summed E-state index contributed by atoms with van der Waals surface area (Å²) in [7, 11) is -0.743. The van der Waals surface area contributed by atoms with Crippen LogP contribution in [0.5, 0.6) is 11.5 Å². The summed E-state index contributed by atoms with van der Waals surface area (Å²) < 4.78 is 22.6. The number of carbonyl (C=O) groups is 2. The minimum absolute atomic E-state index is 0.154. The van der Waals surface area contributed by atoms with Crippen LogP contribution >= 0.6 is 11.8 Å². The number of rotatable bonds is 11. The van der Waals surface area contributed by atoms with E-state index in [1.54, 1.807) is 0 Å². The third-order valence-corrected chi connectivity index (χ3v) is 10.2. The molecule has 1 aromatic carbocycles. The van der Waals surface area contributed by atoms with E-state index in [0.29, 0.717) is 6.79 Å². The van der Waals surface area contributed by atoms with Gasteiger partial charge in [0.2, 0.25) is 12.7 Å². The number of carboxylic acids is 1. The summed E-state index contributed by atoms with van der Waals surface area (Å²) >= 11 is 1.47. The average Bonchev–Trinajstić information content (AvgIpc) is 3.40. The van der Waals surface area contributed by atoms with Gasteiger partial charge < -0.3 is 25.2 Å². The molecule has 1 amide bonds. The zero-order valence-electron chi connectivity index (χ0n) is 21.7. The van der Waals surface area contributed by atoms with Crippen LogP contribution in [0.2, 0.25) is 0 Å². The lowest BCUT2D eigenvalue weighted by Gasteiger charge is -2.41. The molecule has 2 fully saturated rings. The number of thioether (sulfide) groups is 1. The first-order valence-corrected chi connectivity index (χ1v) is 15.1. The van der Waals surface area contributed by atoms with Gasteiger partial charge in [0.25, 0.3) is 0 Å². The molecule has 3 aliphatic heterocycles. The van der Waals surface area contributed by atoms with Gasteiger partial charge in [-0.05, 0) is 44.4 Å². The van der Waals surface area contributed by atoms with Gasteiger partial charge in [-0.3, -0.25) is 9.00 Å². The van der Waals surface area contributed by atoms with Crippen molar-refractivity contribution in [2.75, 3.05) is 12.5 Å². The standard InChI is InChI=1S/C18H28O3S.C8H12N2O3S/c1-3-4-5-6-7-8-11-22(19)15(2)12-16-9-10-17-18(13-16)21-14-20-17;1-8(2)4(7(12)13)10-5(11)3(9)6(10)14-8/h9-10,13,15H,3-8,11-12,14H2,1-2H3;3-4,6H,9H2,1-2H3,(H,12,13)/t;3?,4-,6+/m.0/s1. The topological polar surface area (TPSA) is 119 Å². The Morgan fingerprint density at radius 2 is 1.89 bits per heavy atom. The normalized spacial score (nSPS) is 24.9. The van der Waals surface area contributed by atoms with Gasteiger partial charge in [-0.15, -0.1) is 11.8 Å². The van der Waals surface area contributed by atoms with E-state index in [2.05, 4.69) is 13.8 Å². The second kappa shape index (κ2) is 12.6. The van der Waals surface area contributed by atoms with E-state index < -0.39 is 33.6 Å². The fourth-order valence-corrected chi connectivity index (χ4v) is 7.60. The predicted octanol–water partition coefficient (Wildman–Crippen LogP) is 3.92. The molecule has 202 valence electrons. The van der Waals surface area contributed by atoms with Crippen LogP contribution in [0.1, 0.15) is 71.8 Å². The molecular weight excluding hydrogens is 500 g/mol. The number of amides is 1. The molecular formula is C26H40N2O6S2. The monoisotopic (exact) mass is 540 g/mol. The summed E-state index contributed by atoms with van der Waals surface area (Å²) in [6.45, 7) is 8.27. The summed E-state index contributed by atoms with van der Waals surface area (Å²) in [6, 6.07) is 4.74. The third kappa shape index (κ3) is 6.75. The van der Waals surface area contributed by atoms with Crippen LogP contribution in [0, 0.1) is 0 Å². The molecule has 0 aromatic heterocycles. The first-order chi connectivity index (χ1) is 17.1. The van der Waals surface area contributed by atoms with E-state index in [1.807, 2.05) is 32.0 Å². The van der Waals surface area contributed by atoms with Crippen molar-refractivity contribution < 1.29 is 28.4 Å². The number of nitrogens with two attached hydrogens (primary N) is 1. The summed E-state index contributed by atoms with van der Waals surface area (Å²) in [5.41, 5.74) is 6.76. The Bertz CT molecular complexity index is 956. The molecule has 8 nitrogen and oxygen atoms in total. The van der Waals surface area contributed by atoms with Gasteiger partial charge >= 0.3 is 5.97 Å². The molecule has 5 atom stereocenters. The van der Waals surface area contributed by atoms with Crippen LogP contribution in [0.4, 0.5) is 0 Å². The van der Waals surface area contributed by atoms with E-state index in [0.717, 1.165) is 30.1 Å². The van der Waals surface area contributed by atoms with Crippen LogP contribution in [-0.4, -0.2) is 66.1 Å². The molecule has 3 aliphatic rings.